The monoisotopic (exact) mass is 150 g/mol. The van der Waals surface area contributed by atoms with E-state index in [9.17, 15) is 10.1 Å². The maximum atomic E-state index is 10.4. The average molecular weight is 150 g/mol. The fourth-order valence-electron chi connectivity index (χ4n) is 1.02. The Labute approximate surface area is 64.8 Å². The number of nitrogens with zero attached hydrogens (tertiary/aromatic N) is 1. The van der Waals surface area contributed by atoms with Crippen LogP contribution in [0, 0.1) is 30.0 Å². The third-order valence-electron chi connectivity index (χ3n) is 1.54. The van der Waals surface area contributed by atoms with Crippen LogP contribution in [0.2, 0.25) is 0 Å². The van der Waals surface area contributed by atoms with E-state index in [1.165, 1.54) is 0 Å². The normalized spacial score (nSPS) is 9.64. The molecule has 0 aromatic heterocycles. The molecule has 0 amide bonds. The number of aryl methyl sites for hydroxylation is 2. The van der Waals surface area contributed by atoms with Gasteiger partial charge in [0.2, 0.25) is 0 Å². The summed E-state index contributed by atoms with van der Waals surface area (Å²) >= 11 is 0. The Morgan fingerprint density at radius 2 is 2.18 bits per heavy atom. The lowest BCUT2D eigenvalue weighted by Gasteiger charge is -1.97. The summed E-state index contributed by atoms with van der Waals surface area (Å²) in [4.78, 5) is 10.1. The van der Waals surface area contributed by atoms with Gasteiger partial charge in [0.05, 0.1) is 4.92 Å². The third kappa shape index (κ3) is 1.37. The zero-order chi connectivity index (χ0) is 8.43. The van der Waals surface area contributed by atoms with E-state index in [4.69, 9.17) is 0 Å². The van der Waals surface area contributed by atoms with Crippen molar-refractivity contribution >= 4 is 5.69 Å². The van der Waals surface area contributed by atoms with E-state index >= 15 is 0 Å². The van der Waals surface area contributed by atoms with E-state index in [1.54, 1.807) is 26.0 Å². The minimum absolute atomic E-state index is 0.174. The molecule has 0 heterocycles. The summed E-state index contributed by atoms with van der Waals surface area (Å²) in [7, 11) is 0. The molecule has 0 aliphatic carbocycles. The highest BCUT2D eigenvalue weighted by atomic mass is 16.6. The van der Waals surface area contributed by atoms with Crippen LogP contribution in [0.1, 0.15) is 11.1 Å². The van der Waals surface area contributed by atoms with Crippen molar-refractivity contribution in [2.75, 3.05) is 0 Å². The van der Waals surface area contributed by atoms with Gasteiger partial charge in [0.1, 0.15) is 0 Å². The highest BCUT2D eigenvalue weighted by molar-refractivity contribution is 5.45. The van der Waals surface area contributed by atoms with Gasteiger partial charge in [0, 0.05) is 11.1 Å². The van der Waals surface area contributed by atoms with E-state index < -0.39 is 0 Å². The van der Waals surface area contributed by atoms with Crippen LogP contribution in [-0.2, 0) is 0 Å². The predicted molar refractivity (Wildman–Crippen MR) is 41.4 cm³/mol. The van der Waals surface area contributed by atoms with Crippen LogP contribution in [0.3, 0.4) is 0 Å². The van der Waals surface area contributed by atoms with Gasteiger partial charge in [0.15, 0.2) is 0 Å². The molecule has 0 atom stereocenters. The Morgan fingerprint density at radius 1 is 1.55 bits per heavy atom. The molecule has 11 heavy (non-hydrogen) atoms. The van der Waals surface area contributed by atoms with Crippen LogP contribution in [0.25, 0.3) is 0 Å². The SMILES string of the molecule is Cc1[c]ccc(C)c1[N+](=O)[O-]. The molecule has 3 heteroatoms. The summed E-state index contributed by atoms with van der Waals surface area (Å²) in [6, 6.07) is 6.16. The molecule has 0 N–H and O–H groups in total. The summed E-state index contributed by atoms with van der Waals surface area (Å²) in [6.07, 6.45) is 0. The molecule has 0 fully saturated rings. The molecule has 1 radical (unpaired) electrons. The first-order valence-corrected chi connectivity index (χ1v) is 3.25. The van der Waals surface area contributed by atoms with Gasteiger partial charge in [-0.3, -0.25) is 10.1 Å². The average Bonchev–Trinajstić information content (AvgIpc) is 1.85. The van der Waals surface area contributed by atoms with Gasteiger partial charge >= 0.3 is 0 Å². The second kappa shape index (κ2) is 2.70. The summed E-state index contributed by atoms with van der Waals surface area (Å²) in [5.41, 5.74) is 1.45. The molecule has 1 aromatic rings. The number of benzene rings is 1. The highest BCUT2D eigenvalue weighted by Gasteiger charge is 2.12. The van der Waals surface area contributed by atoms with Gasteiger partial charge in [-0.15, -0.1) is 0 Å². The Balaban J connectivity index is 3.32. The number of hydrogen-bond donors (Lipinski definition) is 0. The molecule has 0 spiro atoms. The van der Waals surface area contributed by atoms with Crippen molar-refractivity contribution in [2.24, 2.45) is 0 Å². The molecule has 57 valence electrons. The molecule has 0 saturated heterocycles. The molecule has 1 rings (SSSR count). The van der Waals surface area contributed by atoms with Crippen molar-refractivity contribution in [2.45, 2.75) is 13.8 Å². The molecule has 0 aliphatic heterocycles. The molecule has 1 aromatic carbocycles. The summed E-state index contributed by atoms with van der Waals surface area (Å²) < 4.78 is 0. The lowest BCUT2D eigenvalue weighted by molar-refractivity contribution is -0.386. The number of hydrogen-bond acceptors (Lipinski definition) is 2. The van der Waals surface area contributed by atoms with Crippen LogP contribution in [0.5, 0.6) is 0 Å². The van der Waals surface area contributed by atoms with Crippen molar-refractivity contribution in [1.82, 2.24) is 0 Å². The molecule has 0 saturated carbocycles. The van der Waals surface area contributed by atoms with E-state index in [-0.39, 0.29) is 10.6 Å². The quantitative estimate of drug-likeness (QED) is 0.454. The van der Waals surface area contributed by atoms with Crippen LogP contribution < -0.4 is 0 Å². The minimum atomic E-state index is -0.374. The first kappa shape index (κ1) is 7.72. The largest absolute Gasteiger partial charge is 0.275 e. The second-order valence-corrected chi connectivity index (χ2v) is 2.39. The summed E-state index contributed by atoms with van der Waals surface area (Å²) in [6.45, 7) is 3.41. The summed E-state index contributed by atoms with van der Waals surface area (Å²) in [5.74, 6) is 0. The zero-order valence-electron chi connectivity index (χ0n) is 6.42. The van der Waals surface area contributed by atoms with E-state index in [2.05, 4.69) is 6.07 Å². The van der Waals surface area contributed by atoms with Crippen molar-refractivity contribution in [3.8, 4) is 0 Å². The first-order valence-electron chi connectivity index (χ1n) is 3.25. The third-order valence-corrected chi connectivity index (χ3v) is 1.54. The minimum Gasteiger partial charge on any atom is -0.258 e. The molecular formula is C8H8NO2. The van der Waals surface area contributed by atoms with E-state index in [0.717, 1.165) is 0 Å². The number of rotatable bonds is 1. The van der Waals surface area contributed by atoms with Gasteiger partial charge < -0.3 is 0 Å². The van der Waals surface area contributed by atoms with Crippen molar-refractivity contribution < 1.29 is 4.92 Å². The Hall–Kier alpha value is -1.38. The maximum Gasteiger partial charge on any atom is 0.275 e. The van der Waals surface area contributed by atoms with E-state index in [1.807, 2.05) is 0 Å². The Morgan fingerprint density at radius 3 is 2.55 bits per heavy atom. The zero-order valence-corrected chi connectivity index (χ0v) is 6.42. The first-order chi connectivity index (χ1) is 5.13. The van der Waals surface area contributed by atoms with E-state index in [0.29, 0.717) is 11.1 Å². The smallest absolute Gasteiger partial charge is 0.258 e. The van der Waals surface area contributed by atoms with Gasteiger partial charge in [0.25, 0.3) is 5.69 Å². The predicted octanol–water partition coefficient (Wildman–Crippen LogP) is 2.01. The van der Waals surface area contributed by atoms with Gasteiger partial charge in [-0.25, -0.2) is 0 Å². The van der Waals surface area contributed by atoms with Gasteiger partial charge in [-0.2, -0.15) is 0 Å². The number of nitro groups is 1. The fraction of sp³-hybridized carbons (Fsp3) is 0.250. The van der Waals surface area contributed by atoms with Crippen LogP contribution in [-0.4, -0.2) is 4.92 Å². The standard InChI is InChI=1S/C8H8NO2/c1-6-4-3-5-7(2)8(6)9(10)11/h3-4H,1-2H3. The second-order valence-electron chi connectivity index (χ2n) is 2.39. The molecule has 0 aliphatic rings. The van der Waals surface area contributed by atoms with Crippen molar-refractivity contribution in [3.05, 3.63) is 39.4 Å². The van der Waals surface area contributed by atoms with Crippen molar-refractivity contribution in [1.29, 1.82) is 0 Å². The van der Waals surface area contributed by atoms with Gasteiger partial charge in [-0.1, -0.05) is 12.1 Å². The van der Waals surface area contributed by atoms with Crippen molar-refractivity contribution in [3.63, 3.8) is 0 Å². The molecule has 0 unspecified atom stereocenters. The summed E-state index contributed by atoms with van der Waals surface area (Å²) in [5, 5.41) is 10.4. The van der Waals surface area contributed by atoms with Crippen LogP contribution in [0.15, 0.2) is 12.1 Å². The number of nitro benzene ring substituents is 1. The topological polar surface area (TPSA) is 43.1 Å². The Kier molecular flexibility index (Phi) is 1.89. The molecule has 0 bridgehead atoms. The maximum absolute atomic E-state index is 10.4. The molecular weight excluding hydrogens is 142 g/mol. The Bertz CT molecular complexity index is 274. The lowest BCUT2D eigenvalue weighted by atomic mass is 10.1. The highest BCUT2D eigenvalue weighted by Crippen LogP contribution is 2.20. The van der Waals surface area contributed by atoms with Gasteiger partial charge in [-0.05, 0) is 19.9 Å². The molecule has 3 nitrogen and oxygen atoms in total. The van der Waals surface area contributed by atoms with Crippen LogP contribution in [0.4, 0.5) is 5.69 Å². The van der Waals surface area contributed by atoms with Crippen LogP contribution >= 0.6 is 0 Å². The fourth-order valence-corrected chi connectivity index (χ4v) is 1.02. The lowest BCUT2D eigenvalue weighted by Crippen LogP contribution is -1.94.